The second-order valence-corrected chi connectivity index (χ2v) is 5.35. The molecule has 0 heterocycles. The van der Waals surface area contributed by atoms with Crippen molar-refractivity contribution >= 4 is 16.6 Å². The Morgan fingerprint density at radius 2 is 1.83 bits per heavy atom. The number of hydrogen-bond donors (Lipinski definition) is 0. The van der Waals surface area contributed by atoms with Crippen molar-refractivity contribution < 1.29 is 4.79 Å². The molecule has 18 heavy (non-hydrogen) atoms. The van der Waals surface area contributed by atoms with Crippen molar-refractivity contribution in [1.29, 1.82) is 0 Å². The summed E-state index contributed by atoms with van der Waals surface area (Å²) in [7, 11) is 0. The molecular formula is C17H18O. The predicted molar refractivity (Wildman–Crippen MR) is 75.3 cm³/mol. The van der Waals surface area contributed by atoms with Crippen LogP contribution in [0.1, 0.15) is 46.8 Å². The minimum atomic E-state index is 0.147. The first-order valence-corrected chi connectivity index (χ1v) is 6.73. The highest BCUT2D eigenvalue weighted by Crippen LogP contribution is 2.32. The van der Waals surface area contributed by atoms with Gasteiger partial charge in [-0.2, -0.15) is 0 Å². The van der Waals surface area contributed by atoms with Gasteiger partial charge < -0.3 is 0 Å². The molecule has 1 heteroatoms. The lowest BCUT2D eigenvalue weighted by molar-refractivity contribution is 0.101. The minimum Gasteiger partial charge on any atom is -0.295 e. The van der Waals surface area contributed by atoms with E-state index in [1.807, 2.05) is 6.07 Å². The molecule has 0 N–H and O–H groups in total. The van der Waals surface area contributed by atoms with Crippen LogP contribution in [0.2, 0.25) is 0 Å². The normalized spacial score (nSPS) is 14.6. The number of benzene rings is 2. The number of rotatable bonds is 1. The van der Waals surface area contributed by atoms with Crippen LogP contribution in [0.5, 0.6) is 0 Å². The Kier molecular flexibility index (Phi) is 2.70. The number of carbonyl (C=O) groups is 1. The van der Waals surface area contributed by atoms with Crippen LogP contribution in [0.25, 0.3) is 10.8 Å². The molecule has 0 saturated carbocycles. The maximum Gasteiger partial charge on any atom is 0.159 e. The molecule has 2 aromatic carbocycles. The van der Waals surface area contributed by atoms with Gasteiger partial charge in [-0.15, -0.1) is 0 Å². The van der Waals surface area contributed by atoms with E-state index in [0.29, 0.717) is 0 Å². The van der Waals surface area contributed by atoms with Gasteiger partial charge in [-0.3, -0.25) is 4.79 Å². The molecule has 3 rings (SSSR count). The van der Waals surface area contributed by atoms with Crippen molar-refractivity contribution in [3.05, 3.63) is 46.5 Å². The molecule has 0 fully saturated rings. The van der Waals surface area contributed by atoms with Gasteiger partial charge in [0.1, 0.15) is 0 Å². The van der Waals surface area contributed by atoms with E-state index in [1.165, 1.54) is 53.1 Å². The van der Waals surface area contributed by atoms with Gasteiger partial charge in [-0.25, -0.2) is 0 Å². The lowest BCUT2D eigenvalue weighted by atomic mass is 9.85. The summed E-state index contributed by atoms with van der Waals surface area (Å²) in [5, 5.41) is 2.61. The Balaban J connectivity index is 2.31. The fourth-order valence-corrected chi connectivity index (χ4v) is 3.09. The molecule has 1 aliphatic carbocycles. The Labute approximate surface area is 108 Å². The molecule has 1 nitrogen and oxygen atoms in total. The Morgan fingerprint density at radius 3 is 2.61 bits per heavy atom. The van der Waals surface area contributed by atoms with Crippen LogP contribution in [-0.2, 0) is 12.8 Å². The molecule has 0 saturated heterocycles. The fraction of sp³-hybridized carbons (Fsp3) is 0.353. The van der Waals surface area contributed by atoms with Crippen molar-refractivity contribution in [3.8, 4) is 0 Å². The largest absolute Gasteiger partial charge is 0.295 e. The van der Waals surface area contributed by atoms with E-state index in [0.717, 1.165) is 5.56 Å². The first kappa shape index (κ1) is 11.5. The summed E-state index contributed by atoms with van der Waals surface area (Å²) < 4.78 is 0. The highest BCUT2D eigenvalue weighted by molar-refractivity contribution is 6.00. The molecule has 0 spiro atoms. The van der Waals surface area contributed by atoms with E-state index in [2.05, 4.69) is 25.1 Å². The summed E-state index contributed by atoms with van der Waals surface area (Å²) in [6.45, 7) is 3.79. The average Bonchev–Trinajstić information content (AvgIpc) is 2.38. The van der Waals surface area contributed by atoms with Crippen LogP contribution in [0.3, 0.4) is 0 Å². The van der Waals surface area contributed by atoms with Gasteiger partial charge in [-0.1, -0.05) is 18.2 Å². The summed E-state index contributed by atoms with van der Waals surface area (Å²) in [4.78, 5) is 11.5. The number of aryl methyl sites for hydroxylation is 3. The third-order valence-electron chi connectivity index (χ3n) is 4.08. The van der Waals surface area contributed by atoms with Crippen molar-refractivity contribution in [1.82, 2.24) is 0 Å². The topological polar surface area (TPSA) is 17.1 Å². The third kappa shape index (κ3) is 1.74. The molecule has 0 radical (unpaired) electrons. The number of hydrogen-bond acceptors (Lipinski definition) is 1. The quantitative estimate of drug-likeness (QED) is 0.679. The van der Waals surface area contributed by atoms with Crippen LogP contribution in [0.4, 0.5) is 0 Å². The minimum absolute atomic E-state index is 0.147. The summed E-state index contributed by atoms with van der Waals surface area (Å²) in [6.07, 6.45) is 5.00. The molecular weight excluding hydrogens is 220 g/mol. The van der Waals surface area contributed by atoms with Crippen LogP contribution < -0.4 is 0 Å². The second-order valence-electron chi connectivity index (χ2n) is 5.35. The first-order chi connectivity index (χ1) is 8.66. The monoisotopic (exact) mass is 238 g/mol. The van der Waals surface area contributed by atoms with Crippen LogP contribution in [0, 0.1) is 6.92 Å². The maximum absolute atomic E-state index is 11.5. The highest BCUT2D eigenvalue weighted by Gasteiger charge is 2.14. The van der Waals surface area contributed by atoms with Gasteiger partial charge in [0.05, 0.1) is 0 Å². The van der Waals surface area contributed by atoms with Crippen molar-refractivity contribution in [2.24, 2.45) is 0 Å². The van der Waals surface area contributed by atoms with E-state index < -0.39 is 0 Å². The van der Waals surface area contributed by atoms with E-state index in [1.54, 1.807) is 6.92 Å². The number of carbonyl (C=O) groups excluding carboxylic acids is 1. The molecule has 92 valence electrons. The molecule has 0 unspecified atom stereocenters. The van der Waals surface area contributed by atoms with Crippen molar-refractivity contribution in [2.75, 3.05) is 0 Å². The lowest BCUT2D eigenvalue weighted by Gasteiger charge is -2.19. The molecule has 0 aromatic heterocycles. The van der Waals surface area contributed by atoms with E-state index in [-0.39, 0.29) is 5.78 Å². The van der Waals surface area contributed by atoms with E-state index >= 15 is 0 Å². The summed E-state index contributed by atoms with van der Waals surface area (Å²) in [6, 6.07) is 8.49. The van der Waals surface area contributed by atoms with Gasteiger partial charge in [0.2, 0.25) is 0 Å². The summed E-state index contributed by atoms with van der Waals surface area (Å²) >= 11 is 0. The smallest absolute Gasteiger partial charge is 0.159 e. The first-order valence-electron chi connectivity index (χ1n) is 6.73. The Hall–Kier alpha value is -1.63. The number of Topliss-reactive ketones (excluding diaryl/α,β-unsaturated/α-hetero) is 1. The van der Waals surface area contributed by atoms with Gasteiger partial charge >= 0.3 is 0 Å². The molecule has 0 aliphatic heterocycles. The zero-order chi connectivity index (χ0) is 12.7. The van der Waals surface area contributed by atoms with Crippen molar-refractivity contribution in [2.45, 2.75) is 39.5 Å². The van der Waals surface area contributed by atoms with E-state index in [4.69, 9.17) is 0 Å². The van der Waals surface area contributed by atoms with Crippen LogP contribution >= 0.6 is 0 Å². The second kappa shape index (κ2) is 4.24. The zero-order valence-electron chi connectivity index (χ0n) is 11.0. The molecule has 0 bridgehead atoms. The van der Waals surface area contributed by atoms with Gasteiger partial charge in [-0.05, 0) is 73.1 Å². The molecule has 0 amide bonds. The molecule has 0 atom stereocenters. The predicted octanol–water partition coefficient (Wildman–Crippen LogP) is 4.23. The average molecular weight is 238 g/mol. The van der Waals surface area contributed by atoms with Crippen LogP contribution in [0.15, 0.2) is 24.3 Å². The van der Waals surface area contributed by atoms with E-state index in [9.17, 15) is 4.79 Å². The Morgan fingerprint density at radius 1 is 1.06 bits per heavy atom. The van der Waals surface area contributed by atoms with Gasteiger partial charge in [0.15, 0.2) is 5.78 Å². The van der Waals surface area contributed by atoms with Crippen LogP contribution in [-0.4, -0.2) is 5.78 Å². The number of ketones is 1. The summed E-state index contributed by atoms with van der Waals surface area (Å²) in [5.41, 5.74) is 5.15. The van der Waals surface area contributed by atoms with Crippen molar-refractivity contribution in [3.63, 3.8) is 0 Å². The number of fused-ring (bicyclic) bond motifs is 3. The fourth-order valence-electron chi connectivity index (χ4n) is 3.09. The SMILES string of the molecule is CC(=O)c1ccc2c3c(cc(C)c2c1)CCCC3. The zero-order valence-corrected chi connectivity index (χ0v) is 11.0. The highest BCUT2D eigenvalue weighted by atomic mass is 16.1. The third-order valence-corrected chi connectivity index (χ3v) is 4.08. The molecule has 2 aromatic rings. The maximum atomic E-state index is 11.5. The standard InChI is InChI=1S/C17H18O/c1-11-9-14-5-3-4-6-15(14)16-8-7-13(12(2)18)10-17(11)16/h7-10H,3-6H2,1-2H3. The molecule has 1 aliphatic rings. The Bertz CT molecular complexity index is 638. The lowest BCUT2D eigenvalue weighted by Crippen LogP contribution is -2.04. The summed E-state index contributed by atoms with van der Waals surface area (Å²) in [5.74, 6) is 0.147. The van der Waals surface area contributed by atoms with Gasteiger partial charge in [0, 0.05) is 5.56 Å². The van der Waals surface area contributed by atoms with Gasteiger partial charge in [0.25, 0.3) is 0 Å².